The van der Waals surface area contributed by atoms with Gasteiger partial charge in [-0.05, 0) is 85.1 Å². The third kappa shape index (κ3) is 5.18. The summed E-state index contributed by atoms with van der Waals surface area (Å²) in [7, 11) is 0. The molecule has 5 rings (SSSR count). The van der Waals surface area contributed by atoms with Gasteiger partial charge in [0.15, 0.2) is 0 Å². The number of fused-ring (bicyclic) bond motifs is 1. The number of rotatable bonds is 6. The topological polar surface area (TPSA) is 110 Å². The molecule has 0 fully saturated rings. The van der Waals surface area contributed by atoms with Gasteiger partial charge in [0.25, 0.3) is 0 Å². The van der Waals surface area contributed by atoms with E-state index in [0.29, 0.717) is 17.3 Å². The van der Waals surface area contributed by atoms with Gasteiger partial charge in [0.05, 0.1) is 23.2 Å². The minimum Gasteiger partial charge on any atom is -0.339 e. The maximum atomic E-state index is 9.08. The van der Waals surface area contributed by atoms with Crippen LogP contribution in [0.3, 0.4) is 0 Å². The second-order valence-corrected chi connectivity index (χ2v) is 8.80. The fraction of sp³-hybridized carbons (Fsp3) is 0.0645. The van der Waals surface area contributed by atoms with Crippen molar-refractivity contribution in [3.8, 4) is 23.3 Å². The number of aryl methyl sites for hydroxylation is 2. The molecule has 2 heterocycles. The summed E-state index contributed by atoms with van der Waals surface area (Å²) >= 11 is 0. The summed E-state index contributed by atoms with van der Waals surface area (Å²) in [5.41, 5.74) is 7.89. The van der Waals surface area contributed by atoms with E-state index >= 15 is 0 Å². The number of aromatic nitrogens is 3. The molecule has 0 aliphatic rings. The molecule has 7 heteroatoms. The predicted octanol–water partition coefficient (Wildman–Crippen LogP) is 7.20. The third-order valence-electron chi connectivity index (χ3n) is 6.11. The van der Waals surface area contributed by atoms with Crippen LogP contribution < -0.4 is 10.6 Å². The van der Waals surface area contributed by atoms with Gasteiger partial charge in [-0.25, -0.2) is 4.98 Å². The van der Waals surface area contributed by atoms with Crippen molar-refractivity contribution in [2.45, 2.75) is 13.8 Å². The average molecular weight is 494 g/mol. The quantitative estimate of drug-likeness (QED) is 0.241. The highest BCUT2D eigenvalue weighted by atomic mass is 15.1. The van der Waals surface area contributed by atoms with E-state index in [2.05, 4.69) is 32.7 Å². The maximum absolute atomic E-state index is 9.08. The van der Waals surface area contributed by atoms with Crippen molar-refractivity contribution in [3.63, 3.8) is 0 Å². The van der Waals surface area contributed by atoms with Gasteiger partial charge < -0.3 is 10.6 Å². The van der Waals surface area contributed by atoms with Crippen LogP contribution in [-0.2, 0) is 0 Å². The van der Waals surface area contributed by atoms with Crippen LogP contribution >= 0.6 is 0 Å². The van der Waals surface area contributed by atoms with Crippen LogP contribution in [0.1, 0.15) is 22.3 Å². The lowest BCUT2D eigenvalue weighted by atomic mass is 10.0. The molecule has 0 spiro atoms. The fourth-order valence-corrected chi connectivity index (χ4v) is 4.27. The smallest absolute Gasteiger partial charge is 0.229 e. The fourth-order valence-electron chi connectivity index (χ4n) is 4.27. The van der Waals surface area contributed by atoms with Gasteiger partial charge in [-0.15, -0.1) is 0 Å². The van der Waals surface area contributed by atoms with Gasteiger partial charge in [0.2, 0.25) is 5.95 Å². The molecule has 0 amide bonds. The average Bonchev–Trinajstić information content (AvgIpc) is 2.94. The number of benzene rings is 3. The van der Waals surface area contributed by atoms with E-state index in [1.54, 1.807) is 24.4 Å². The van der Waals surface area contributed by atoms with Crippen molar-refractivity contribution in [2.75, 3.05) is 10.6 Å². The van der Waals surface area contributed by atoms with Gasteiger partial charge in [0.1, 0.15) is 5.82 Å². The highest BCUT2D eigenvalue weighted by Crippen LogP contribution is 2.33. The zero-order chi connectivity index (χ0) is 26.5. The number of nitriles is 2. The van der Waals surface area contributed by atoms with Crippen LogP contribution in [0.15, 0.2) is 85.2 Å². The molecule has 2 N–H and O–H groups in total. The molecule has 0 atom stereocenters. The Kier molecular flexibility index (Phi) is 6.75. The molecule has 0 unspecified atom stereocenters. The van der Waals surface area contributed by atoms with E-state index in [1.165, 1.54) is 6.08 Å². The molecular weight excluding hydrogens is 470 g/mol. The van der Waals surface area contributed by atoms with E-state index < -0.39 is 0 Å². The van der Waals surface area contributed by atoms with Crippen LogP contribution in [-0.4, -0.2) is 15.0 Å². The first kappa shape index (κ1) is 24.2. The Bertz CT molecular complexity index is 1730. The van der Waals surface area contributed by atoms with Crippen molar-refractivity contribution in [2.24, 2.45) is 0 Å². The second kappa shape index (κ2) is 10.6. The van der Waals surface area contributed by atoms with E-state index in [4.69, 9.17) is 15.5 Å². The van der Waals surface area contributed by atoms with Crippen LogP contribution in [0.5, 0.6) is 0 Å². The lowest BCUT2D eigenvalue weighted by Crippen LogP contribution is -2.05. The summed E-state index contributed by atoms with van der Waals surface area (Å²) < 4.78 is 0. The summed E-state index contributed by atoms with van der Waals surface area (Å²) in [4.78, 5) is 14.0. The van der Waals surface area contributed by atoms with Crippen molar-refractivity contribution < 1.29 is 0 Å². The Morgan fingerprint density at radius 1 is 0.842 bits per heavy atom. The first-order valence-corrected chi connectivity index (χ1v) is 12.0. The molecule has 0 saturated carbocycles. The van der Waals surface area contributed by atoms with E-state index in [0.717, 1.165) is 50.1 Å². The second-order valence-electron chi connectivity index (χ2n) is 8.80. The van der Waals surface area contributed by atoms with E-state index in [1.807, 2.05) is 74.6 Å². The predicted molar refractivity (Wildman–Crippen MR) is 151 cm³/mol. The summed E-state index contributed by atoms with van der Waals surface area (Å²) in [6.07, 6.45) is 6.87. The Morgan fingerprint density at radius 2 is 1.61 bits per heavy atom. The highest BCUT2D eigenvalue weighted by molar-refractivity contribution is 5.87. The molecule has 0 aliphatic carbocycles. The minimum absolute atomic E-state index is 0.415. The van der Waals surface area contributed by atoms with Gasteiger partial charge in [0, 0.05) is 46.4 Å². The van der Waals surface area contributed by atoms with Crippen LogP contribution in [0.4, 0.5) is 23.1 Å². The van der Waals surface area contributed by atoms with Gasteiger partial charge in [-0.2, -0.15) is 15.5 Å². The largest absolute Gasteiger partial charge is 0.339 e. The molecule has 0 bridgehead atoms. The highest BCUT2D eigenvalue weighted by Gasteiger charge is 2.14. The summed E-state index contributed by atoms with van der Waals surface area (Å²) in [6.45, 7) is 4.04. The van der Waals surface area contributed by atoms with E-state index in [-0.39, 0.29) is 0 Å². The first-order chi connectivity index (χ1) is 18.5. The van der Waals surface area contributed by atoms with Crippen LogP contribution in [0, 0.1) is 36.5 Å². The van der Waals surface area contributed by atoms with Crippen molar-refractivity contribution in [1.29, 1.82) is 10.5 Å². The van der Waals surface area contributed by atoms with Crippen molar-refractivity contribution >= 4 is 40.1 Å². The normalized spacial score (nSPS) is 10.7. The number of para-hydroxylation sites is 1. The van der Waals surface area contributed by atoms with Crippen molar-refractivity contribution in [1.82, 2.24) is 15.0 Å². The third-order valence-corrected chi connectivity index (χ3v) is 6.11. The molecular formula is C31H23N7. The first-order valence-electron chi connectivity index (χ1n) is 12.0. The summed E-state index contributed by atoms with van der Waals surface area (Å²) in [5.74, 6) is 1.04. The lowest BCUT2D eigenvalue weighted by molar-refractivity contribution is 1.16. The molecule has 2 aromatic heterocycles. The van der Waals surface area contributed by atoms with Gasteiger partial charge in [-0.3, -0.25) is 4.98 Å². The standard InChI is InChI=1S/C31H23N7/c1-20-14-23(6-5-13-32)15-21(2)29(20)37-30-27(25-16-24-7-3-4-8-28(24)34-18-25)19-35-31(38-30)36-26-11-9-22(17-33)10-12-26/h3-12,14-16,18-19H,1-2H3,(H2,35,36,37,38)/b6-5+. The van der Waals surface area contributed by atoms with Crippen molar-refractivity contribution in [3.05, 3.63) is 107 Å². The summed E-state index contributed by atoms with van der Waals surface area (Å²) in [5, 5.41) is 25.7. The molecule has 5 aromatic rings. The molecule has 7 nitrogen and oxygen atoms in total. The monoisotopic (exact) mass is 493 g/mol. The number of nitrogens with one attached hydrogen (secondary N) is 2. The number of hydrogen-bond acceptors (Lipinski definition) is 7. The molecule has 0 aliphatic heterocycles. The number of nitrogens with zero attached hydrogens (tertiary/aromatic N) is 5. The Hall–Kier alpha value is -5.53. The van der Waals surface area contributed by atoms with Gasteiger partial charge >= 0.3 is 0 Å². The Labute approximate surface area is 220 Å². The number of hydrogen-bond donors (Lipinski definition) is 2. The zero-order valence-electron chi connectivity index (χ0n) is 20.9. The number of anilines is 4. The molecule has 0 radical (unpaired) electrons. The molecule has 182 valence electrons. The maximum Gasteiger partial charge on any atom is 0.229 e. The molecule has 0 saturated heterocycles. The van der Waals surface area contributed by atoms with Crippen LogP contribution in [0.2, 0.25) is 0 Å². The number of pyridine rings is 1. The lowest BCUT2D eigenvalue weighted by Gasteiger charge is -2.17. The van der Waals surface area contributed by atoms with Crippen LogP contribution in [0.25, 0.3) is 28.1 Å². The Morgan fingerprint density at radius 3 is 2.34 bits per heavy atom. The molecule has 38 heavy (non-hydrogen) atoms. The summed E-state index contributed by atoms with van der Waals surface area (Å²) in [6, 6.07) is 25.4. The molecule has 3 aromatic carbocycles. The SMILES string of the molecule is Cc1cc(/C=C/C#N)cc(C)c1Nc1nc(Nc2ccc(C#N)cc2)ncc1-c1cnc2ccccc2c1. The van der Waals surface area contributed by atoms with E-state index in [9.17, 15) is 0 Å². The van der Waals surface area contributed by atoms with Gasteiger partial charge in [-0.1, -0.05) is 18.2 Å². The number of allylic oxidation sites excluding steroid dienone is 1. The zero-order valence-corrected chi connectivity index (χ0v) is 20.9. The Balaban J connectivity index is 1.58. The minimum atomic E-state index is 0.415.